The van der Waals surface area contributed by atoms with Crippen LogP contribution in [0.15, 0.2) is 24.3 Å². The van der Waals surface area contributed by atoms with E-state index in [1.807, 2.05) is 6.92 Å². The summed E-state index contributed by atoms with van der Waals surface area (Å²) in [6.07, 6.45) is 3.61. The number of amides is 4. The number of carbonyl (C=O) groups excluding carboxylic acids is 3. The molecule has 2 N–H and O–H groups in total. The van der Waals surface area contributed by atoms with Crippen LogP contribution in [0.5, 0.6) is 0 Å². The lowest BCUT2D eigenvalue weighted by Gasteiger charge is -2.37. The fourth-order valence-electron chi connectivity index (χ4n) is 3.91. The largest absolute Gasteiger partial charge is 0.326 e. The van der Waals surface area contributed by atoms with Crippen molar-refractivity contribution in [3.63, 3.8) is 0 Å². The summed E-state index contributed by atoms with van der Waals surface area (Å²) >= 11 is 6.04. The number of para-hydroxylation sites is 1. The summed E-state index contributed by atoms with van der Waals surface area (Å²) in [5.74, 6) is -0.335. The third-order valence-corrected chi connectivity index (χ3v) is 5.78. The van der Waals surface area contributed by atoms with E-state index in [9.17, 15) is 14.4 Å². The van der Waals surface area contributed by atoms with Crippen LogP contribution in [-0.4, -0.2) is 53.4 Å². The molecule has 1 heterocycles. The van der Waals surface area contributed by atoms with E-state index >= 15 is 0 Å². The van der Waals surface area contributed by atoms with E-state index in [1.165, 1.54) is 4.90 Å². The Morgan fingerprint density at radius 2 is 2.11 bits per heavy atom. The molecular weight excluding hydrogens is 368 g/mol. The molecule has 0 bridgehead atoms. The molecule has 1 saturated carbocycles. The lowest BCUT2D eigenvalue weighted by atomic mass is 9.73. The Morgan fingerprint density at radius 1 is 1.37 bits per heavy atom. The Hall–Kier alpha value is -2.12. The predicted octanol–water partition coefficient (Wildman–Crippen LogP) is 2.67. The van der Waals surface area contributed by atoms with E-state index in [1.54, 1.807) is 36.2 Å². The standard InChI is InChI=1S/C19H25ClN4O3/c1-13-7-5-6-10-19(13)17(26)24(18(27)22-19)12-23(2)11-16(25)21-15-9-4-3-8-14(15)20/h3-4,8-9,13H,5-7,10-12H2,1-2H3,(H,21,25)(H,22,27)/t13-,19-/m0/s1. The highest BCUT2D eigenvalue weighted by Crippen LogP contribution is 2.38. The summed E-state index contributed by atoms with van der Waals surface area (Å²) in [4.78, 5) is 40.5. The normalized spacial score (nSPS) is 25.2. The van der Waals surface area contributed by atoms with Crippen LogP contribution in [-0.2, 0) is 9.59 Å². The molecule has 0 aromatic heterocycles. The third kappa shape index (κ3) is 3.94. The number of likely N-dealkylation sites (N-methyl/N-ethyl adjacent to an activating group) is 1. The number of urea groups is 1. The van der Waals surface area contributed by atoms with Crippen molar-refractivity contribution < 1.29 is 14.4 Å². The van der Waals surface area contributed by atoms with Crippen molar-refractivity contribution in [1.29, 1.82) is 0 Å². The van der Waals surface area contributed by atoms with Gasteiger partial charge in [-0.25, -0.2) is 9.69 Å². The zero-order chi connectivity index (χ0) is 19.6. The van der Waals surface area contributed by atoms with E-state index in [4.69, 9.17) is 11.6 Å². The summed E-state index contributed by atoms with van der Waals surface area (Å²) in [7, 11) is 1.70. The summed E-state index contributed by atoms with van der Waals surface area (Å²) in [5.41, 5.74) is -0.252. The van der Waals surface area contributed by atoms with Crippen molar-refractivity contribution in [2.24, 2.45) is 5.92 Å². The monoisotopic (exact) mass is 392 g/mol. The van der Waals surface area contributed by atoms with Crippen molar-refractivity contribution in [2.75, 3.05) is 25.6 Å². The van der Waals surface area contributed by atoms with E-state index in [-0.39, 0.29) is 37.0 Å². The molecule has 2 atom stereocenters. The first-order valence-electron chi connectivity index (χ1n) is 9.20. The van der Waals surface area contributed by atoms with E-state index in [0.717, 1.165) is 19.3 Å². The highest BCUT2D eigenvalue weighted by molar-refractivity contribution is 6.33. The molecule has 4 amide bonds. The van der Waals surface area contributed by atoms with Gasteiger partial charge in [-0.05, 0) is 37.9 Å². The minimum atomic E-state index is -0.782. The highest BCUT2D eigenvalue weighted by Gasteiger charge is 2.54. The molecule has 0 radical (unpaired) electrons. The number of anilines is 1. The predicted molar refractivity (Wildman–Crippen MR) is 103 cm³/mol. The maximum Gasteiger partial charge on any atom is 0.326 e. The van der Waals surface area contributed by atoms with E-state index < -0.39 is 5.54 Å². The van der Waals surface area contributed by atoms with E-state index in [2.05, 4.69) is 10.6 Å². The molecule has 8 heteroatoms. The van der Waals surface area contributed by atoms with Crippen molar-refractivity contribution in [2.45, 2.75) is 38.1 Å². The summed E-state index contributed by atoms with van der Waals surface area (Å²) in [5, 5.41) is 6.11. The van der Waals surface area contributed by atoms with Crippen LogP contribution in [0.3, 0.4) is 0 Å². The maximum atomic E-state index is 13.0. The number of benzene rings is 1. The van der Waals surface area contributed by atoms with E-state index in [0.29, 0.717) is 17.1 Å². The second-order valence-electron chi connectivity index (χ2n) is 7.47. The summed E-state index contributed by atoms with van der Waals surface area (Å²) in [6.45, 7) is 2.11. The van der Waals surface area contributed by atoms with Gasteiger partial charge >= 0.3 is 6.03 Å². The van der Waals surface area contributed by atoms with Gasteiger partial charge < -0.3 is 10.6 Å². The molecule has 146 valence electrons. The first-order chi connectivity index (χ1) is 12.8. The number of hydrogen-bond donors (Lipinski definition) is 2. The third-order valence-electron chi connectivity index (χ3n) is 5.45. The molecule has 7 nitrogen and oxygen atoms in total. The molecule has 3 rings (SSSR count). The quantitative estimate of drug-likeness (QED) is 0.755. The van der Waals surface area contributed by atoms with Gasteiger partial charge in [0.25, 0.3) is 5.91 Å². The zero-order valence-corrected chi connectivity index (χ0v) is 16.4. The number of nitrogens with zero attached hydrogens (tertiary/aromatic N) is 2. The minimum Gasteiger partial charge on any atom is -0.324 e. The van der Waals surface area contributed by atoms with Crippen LogP contribution in [0, 0.1) is 5.92 Å². The average Bonchev–Trinajstić information content (AvgIpc) is 2.84. The van der Waals surface area contributed by atoms with Gasteiger partial charge in [-0.1, -0.05) is 43.5 Å². The Labute approximate surface area is 164 Å². The zero-order valence-electron chi connectivity index (χ0n) is 15.6. The molecule has 1 aliphatic heterocycles. The number of rotatable bonds is 5. The molecule has 0 unspecified atom stereocenters. The Kier molecular flexibility index (Phi) is 5.72. The van der Waals surface area contributed by atoms with Gasteiger partial charge in [-0.3, -0.25) is 14.5 Å². The van der Waals surface area contributed by atoms with Crippen molar-refractivity contribution >= 4 is 35.1 Å². The Balaban J connectivity index is 1.60. The summed E-state index contributed by atoms with van der Waals surface area (Å²) in [6, 6.07) is 6.59. The van der Waals surface area contributed by atoms with Gasteiger partial charge in [0.05, 0.1) is 23.9 Å². The first-order valence-corrected chi connectivity index (χ1v) is 9.58. The number of nitrogens with one attached hydrogen (secondary N) is 2. The van der Waals surface area contributed by atoms with Crippen molar-refractivity contribution in [3.8, 4) is 0 Å². The lowest BCUT2D eigenvalue weighted by Crippen LogP contribution is -2.54. The summed E-state index contributed by atoms with van der Waals surface area (Å²) < 4.78 is 0. The Morgan fingerprint density at radius 3 is 2.81 bits per heavy atom. The van der Waals surface area contributed by atoms with Crippen LogP contribution in [0.25, 0.3) is 0 Å². The van der Waals surface area contributed by atoms with Crippen LogP contribution < -0.4 is 10.6 Å². The van der Waals surface area contributed by atoms with Crippen LogP contribution >= 0.6 is 11.6 Å². The van der Waals surface area contributed by atoms with Crippen molar-refractivity contribution in [3.05, 3.63) is 29.3 Å². The maximum absolute atomic E-state index is 13.0. The van der Waals surface area contributed by atoms with Crippen LogP contribution in [0.1, 0.15) is 32.6 Å². The molecule has 1 aromatic rings. The minimum absolute atomic E-state index is 0.0326. The number of hydrogen-bond acceptors (Lipinski definition) is 4. The molecular formula is C19H25ClN4O3. The lowest BCUT2D eigenvalue weighted by molar-refractivity contribution is -0.136. The average molecular weight is 393 g/mol. The van der Waals surface area contributed by atoms with Gasteiger partial charge in [-0.15, -0.1) is 0 Å². The first kappa shape index (κ1) is 19.6. The van der Waals surface area contributed by atoms with Crippen molar-refractivity contribution in [1.82, 2.24) is 15.1 Å². The van der Waals surface area contributed by atoms with Gasteiger partial charge in [0, 0.05) is 0 Å². The number of halogens is 1. The van der Waals surface area contributed by atoms with Gasteiger partial charge in [-0.2, -0.15) is 0 Å². The van der Waals surface area contributed by atoms with Crippen LogP contribution in [0.4, 0.5) is 10.5 Å². The molecule has 1 saturated heterocycles. The molecule has 1 aromatic carbocycles. The van der Waals surface area contributed by atoms with Gasteiger partial charge in [0.1, 0.15) is 5.54 Å². The molecule has 1 spiro atoms. The SMILES string of the molecule is C[C@H]1CCCC[C@]12NC(=O)N(CN(C)CC(=O)Nc1ccccc1Cl)C2=O. The Bertz CT molecular complexity index is 756. The smallest absolute Gasteiger partial charge is 0.324 e. The fourth-order valence-corrected chi connectivity index (χ4v) is 4.10. The van der Waals surface area contributed by atoms with Crippen LogP contribution in [0.2, 0.25) is 5.02 Å². The molecule has 2 aliphatic rings. The van der Waals surface area contributed by atoms with Gasteiger partial charge in [0.15, 0.2) is 0 Å². The highest BCUT2D eigenvalue weighted by atomic mass is 35.5. The molecule has 27 heavy (non-hydrogen) atoms. The molecule has 1 aliphatic carbocycles. The second kappa shape index (κ2) is 7.86. The van der Waals surface area contributed by atoms with Gasteiger partial charge in [0.2, 0.25) is 5.91 Å². The fraction of sp³-hybridized carbons (Fsp3) is 0.526. The number of carbonyl (C=O) groups is 3. The topological polar surface area (TPSA) is 81.8 Å². The second-order valence-corrected chi connectivity index (χ2v) is 7.87. The molecule has 2 fully saturated rings. The number of imide groups is 1.